The number of aliphatic imine (C=N–C) groups is 1. The van der Waals surface area contributed by atoms with Crippen LogP contribution >= 0.6 is 23.1 Å². The Morgan fingerprint density at radius 1 is 1.20 bits per heavy atom. The molecule has 5 rings (SSSR count). The zero-order valence-corrected chi connectivity index (χ0v) is 24.3. The molecule has 1 aliphatic carbocycles. The van der Waals surface area contributed by atoms with Gasteiger partial charge < -0.3 is 9.73 Å². The van der Waals surface area contributed by atoms with E-state index >= 15 is 0 Å². The monoisotopic (exact) mass is 573 g/mol. The SMILES string of the molecule is CC(C)(C)[C@@H]1CCc2c(sc(N=Cc3cc([N+](=O)[O-])ccc3Sc3ccccc3)c2C(=O)NCc2ccco2)C1. The molecule has 1 atom stereocenters. The molecule has 2 heterocycles. The normalized spacial score (nSPS) is 15.2. The first kappa shape index (κ1) is 27.9. The molecule has 40 heavy (non-hydrogen) atoms. The molecule has 206 valence electrons. The number of nitro benzene ring substituents is 1. The van der Waals surface area contributed by atoms with Crippen LogP contribution in [0.1, 0.15) is 59.3 Å². The lowest BCUT2D eigenvalue weighted by molar-refractivity contribution is -0.384. The summed E-state index contributed by atoms with van der Waals surface area (Å²) in [5.41, 5.74) is 2.45. The summed E-state index contributed by atoms with van der Waals surface area (Å²) in [6, 6.07) is 18.3. The molecular formula is C31H31N3O4S2. The molecule has 0 radical (unpaired) electrons. The van der Waals surface area contributed by atoms with Gasteiger partial charge in [0, 0.05) is 38.6 Å². The summed E-state index contributed by atoms with van der Waals surface area (Å²) in [6.07, 6.45) is 5.97. The third-order valence-electron chi connectivity index (χ3n) is 7.20. The number of carbonyl (C=O) groups is 1. The second-order valence-electron chi connectivity index (χ2n) is 10.9. The van der Waals surface area contributed by atoms with E-state index in [1.165, 1.54) is 28.8 Å². The number of nitrogens with zero attached hydrogens (tertiary/aromatic N) is 2. The highest BCUT2D eigenvalue weighted by atomic mass is 32.2. The van der Waals surface area contributed by atoms with Crippen LogP contribution in [-0.4, -0.2) is 17.0 Å². The van der Waals surface area contributed by atoms with Gasteiger partial charge in [-0.05, 0) is 66.5 Å². The number of hydrogen-bond donors (Lipinski definition) is 1. The molecule has 7 nitrogen and oxygen atoms in total. The molecule has 0 saturated carbocycles. The Labute approximate surface area is 241 Å². The van der Waals surface area contributed by atoms with Gasteiger partial charge in [0.2, 0.25) is 0 Å². The number of nitro groups is 1. The van der Waals surface area contributed by atoms with Crippen molar-refractivity contribution in [2.75, 3.05) is 0 Å². The Hall–Kier alpha value is -3.69. The van der Waals surface area contributed by atoms with Gasteiger partial charge >= 0.3 is 0 Å². The first-order chi connectivity index (χ1) is 19.2. The summed E-state index contributed by atoms with van der Waals surface area (Å²) >= 11 is 3.07. The lowest BCUT2D eigenvalue weighted by Crippen LogP contribution is -2.28. The molecule has 1 amide bonds. The lowest BCUT2D eigenvalue weighted by atomic mass is 9.72. The maximum atomic E-state index is 13.5. The average molecular weight is 574 g/mol. The van der Waals surface area contributed by atoms with Crippen LogP contribution < -0.4 is 5.32 Å². The molecule has 0 fully saturated rings. The van der Waals surface area contributed by atoms with Crippen molar-refractivity contribution in [1.29, 1.82) is 0 Å². The van der Waals surface area contributed by atoms with Gasteiger partial charge in [-0.2, -0.15) is 0 Å². The van der Waals surface area contributed by atoms with Gasteiger partial charge in [0.25, 0.3) is 11.6 Å². The number of furan rings is 1. The minimum absolute atomic E-state index is 0.00577. The van der Waals surface area contributed by atoms with Gasteiger partial charge in [0.1, 0.15) is 10.8 Å². The Balaban J connectivity index is 1.51. The van der Waals surface area contributed by atoms with Gasteiger partial charge in [0.05, 0.1) is 23.3 Å². The molecular weight excluding hydrogens is 542 g/mol. The van der Waals surface area contributed by atoms with Crippen LogP contribution in [0.2, 0.25) is 0 Å². The van der Waals surface area contributed by atoms with Gasteiger partial charge in [-0.3, -0.25) is 14.9 Å². The van der Waals surface area contributed by atoms with Crippen molar-refractivity contribution in [3.8, 4) is 0 Å². The van der Waals surface area contributed by atoms with E-state index in [9.17, 15) is 14.9 Å². The number of carbonyl (C=O) groups excluding carboxylic acids is 1. The molecule has 0 spiro atoms. The largest absolute Gasteiger partial charge is 0.467 e. The molecule has 9 heteroatoms. The van der Waals surface area contributed by atoms with Crippen molar-refractivity contribution in [3.05, 3.63) is 104 Å². The molecule has 4 aromatic rings. The molecule has 0 unspecified atom stereocenters. The van der Waals surface area contributed by atoms with Gasteiger partial charge in [-0.15, -0.1) is 11.3 Å². The fourth-order valence-electron chi connectivity index (χ4n) is 4.89. The summed E-state index contributed by atoms with van der Waals surface area (Å²) < 4.78 is 5.39. The first-order valence-electron chi connectivity index (χ1n) is 13.2. The van der Waals surface area contributed by atoms with Crippen LogP contribution in [0.3, 0.4) is 0 Å². The highest BCUT2D eigenvalue weighted by Crippen LogP contribution is 2.45. The van der Waals surface area contributed by atoms with E-state index in [0.29, 0.717) is 27.8 Å². The molecule has 2 aromatic heterocycles. The molecule has 0 bridgehead atoms. The zero-order chi connectivity index (χ0) is 28.3. The third kappa shape index (κ3) is 6.37. The quantitative estimate of drug-likeness (QED) is 0.130. The fraction of sp³-hybridized carbons (Fsp3) is 0.290. The van der Waals surface area contributed by atoms with Gasteiger partial charge in [-0.25, -0.2) is 4.99 Å². The Morgan fingerprint density at radius 3 is 2.70 bits per heavy atom. The molecule has 1 aliphatic rings. The van der Waals surface area contributed by atoms with Crippen molar-refractivity contribution in [3.63, 3.8) is 0 Å². The van der Waals surface area contributed by atoms with Gasteiger partial charge in [-0.1, -0.05) is 50.7 Å². The summed E-state index contributed by atoms with van der Waals surface area (Å²) in [7, 11) is 0. The summed E-state index contributed by atoms with van der Waals surface area (Å²) in [5.74, 6) is 1.00. The number of rotatable bonds is 8. The van der Waals surface area contributed by atoms with E-state index in [4.69, 9.17) is 9.41 Å². The average Bonchev–Trinajstić information content (AvgIpc) is 3.58. The van der Waals surface area contributed by atoms with E-state index in [2.05, 4.69) is 26.1 Å². The molecule has 2 aromatic carbocycles. The minimum atomic E-state index is -0.404. The van der Waals surface area contributed by atoms with E-state index in [1.807, 2.05) is 36.4 Å². The maximum Gasteiger partial charge on any atom is 0.270 e. The van der Waals surface area contributed by atoms with Crippen LogP contribution in [0.4, 0.5) is 10.7 Å². The smallest absolute Gasteiger partial charge is 0.270 e. The first-order valence-corrected chi connectivity index (χ1v) is 14.8. The molecule has 0 aliphatic heterocycles. The number of fused-ring (bicyclic) bond motifs is 1. The number of nitrogens with one attached hydrogen (secondary N) is 1. The van der Waals surface area contributed by atoms with E-state index in [1.54, 1.807) is 35.9 Å². The molecule has 1 N–H and O–H groups in total. The van der Waals surface area contributed by atoms with E-state index in [-0.39, 0.29) is 23.6 Å². The summed E-state index contributed by atoms with van der Waals surface area (Å²) in [4.78, 5) is 32.5. The Morgan fingerprint density at radius 2 is 2.00 bits per heavy atom. The van der Waals surface area contributed by atoms with Crippen molar-refractivity contribution in [2.24, 2.45) is 16.3 Å². The number of amides is 1. The summed E-state index contributed by atoms with van der Waals surface area (Å²) in [5, 5.41) is 15.2. The Kier molecular flexibility index (Phi) is 8.23. The standard InChI is InChI=1S/C31H31N3O4S2/c1-31(2,3)21-11-13-25-27(17-21)40-30(28(25)29(35)32-19-23-8-7-15-38-23)33-18-20-16-22(34(36)37)12-14-26(20)39-24-9-5-4-6-10-24/h4-10,12,14-16,18,21H,11,13,17,19H2,1-3H3,(H,32,35)/t21-/m1/s1. The van der Waals surface area contributed by atoms with Crippen molar-refractivity contribution >= 4 is 45.9 Å². The number of non-ortho nitro benzene ring substituents is 1. The lowest BCUT2D eigenvalue weighted by Gasteiger charge is -2.33. The second-order valence-corrected chi connectivity index (χ2v) is 13.1. The second kappa shape index (κ2) is 11.8. The highest BCUT2D eigenvalue weighted by Gasteiger charge is 2.33. The van der Waals surface area contributed by atoms with E-state index in [0.717, 1.165) is 34.6 Å². The minimum Gasteiger partial charge on any atom is -0.467 e. The van der Waals surface area contributed by atoms with Crippen molar-refractivity contribution in [1.82, 2.24) is 5.32 Å². The zero-order valence-electron chi connectivity index (χ0n) is 22.7. The predicted octanol–water partition coefficient (Wildman–Crippen LogP) is 8.23. The van der Waals surface area contributed by atoms with E-state index < -0.39 is 4.92 Å². The van der Waals surface area contributed by atoms with Crippen LogP contribution in [0.25, 0.3) is 0 Å². The molecule has 0 saturated heterocycles. The fourth-order valence-corrected chi connectivity index (χ4v) is 7.07. The van der Waals surface area contributed by atoms with Crippen LogP contribution in [0.15, 0.2) is 86.1 Å². The van der Waals surface area contributed by atoms with Crippen molar-refractivity contribution < 1.29 is 14.1 Å². The van der Waals surface area contributed by atoms with Crippen LogP contribution in [-0.2, 0) is 19.4 Å². The number of benzene rings is 2. The maximum absolute atomic E-state index is 13.5. The Bertz CT molecular complexity index is 1540. The van der Waals surface area contributed by atoms with Crippen LogP contribution in [0.5, 0.6) is 0 Å². The predicted molar refractivity (Wildman–Crippen MR) is 160 cm³/mol. The third-order valence-corrected chi connectivity index (χ3v) is 9.46. The van der Waals surface area contributed by atoms with Crippen molar-refractivity contribution in [2.45, 2.75) is 56.4 Å². The van der Waals surface area contributed by atoms with Crippen LogP contribution in [0, 0.1) is 21.4 Å². The number of hydrogen-bond acceptors (Lipinski definition) is 7. The topological polar surface area (TPSA) is 97.7 Å². The highest BCUT2D eigenvalue weighted by molar-refractivity contribution is 7.99. The summed E-state index contributed by atoms with van der Waals surface area (Å²) in [6.45, 7) is 7.08. The van der Waals surface area contributed by atoms with Gasteiger partial charge in [0.15, 0.2) is 0 Å². The number of thiophene rings is 1.